The molecule has 2 aromatic rings. The normalized spacial score (nSPS) is 12.5. The summed E-state index contributed by atoms with van der Waals surface area (Å²) in [5.41, 5.74) is 5.77. The van der Waals surface area contributed by atoms with Gasteiger partial charge in [-0.05, 0) is 16.3 Å². The minimum atomic E-state index is -1.40. The van der Waals surface area contributed by atoms with E-state index in [2.05, 4.69) is 5.32 Å². The molecule has 0 aliphatic rings. The van der Waals surface area contributed by atoms with Gasteiger partial charge in [0.25, 0.3) is 0 Å². The minimum absolute atomic E-state index is 0.0692. The van der Waals surface area contributed by atoms with Crippen molar-refractivity contribution in [3.8, 4) is 0 Å². The number of hydrogen-bond acceptors (Lipinski definition) is 6. The number of nitrogens with two attached hydrogens (primary N) is 1. The molecule has 0 radical (unpaired) electrons. The molecule has 0 saturated carbocycles. The molecule has 0 saturated heterocycles. The summed E-state index contributed by atoms with van der Waals surface area (Å²) in [6.07, 6.45) is -1.01. The number of aliphatic carboxylic acids is 1. The molecular formula is C22H24N2O7. The Morgan fingerprint density at radius 2 is 1.71 bits per heavy atom. The first-order valence-corrected chi connectivity index (χ1v) is 9.62. The highest BCUT2D eigenvalue weighted by Crippen LogP contribution is 2.19. The number of carboxylic acids is 1. The smallest absolute Gasteiger partial charge is 0.310 e. The molecule has 0 heterocycles. The molecule has 2 rings (SSSR count). The van der Waals surface area contributed by atoms with Crippen LogP contribution in [0.15, 0.2) is 42.5 Å². The fraction of sp³-hybridized carbons (Fsp3) is 0.318. The Kier molecular flexibility index (Phi) is 8.25. The Bertz CT molecular complexity index is 997. The second-order valence-electron chi connectivity index (χ2n) is 7.17. The maximum Gasteiger partial charge on any atom is 0.310 e. The molecule has 4 N–H and O–H groups in total. The molecule has 2 aromatic carbocycles. The number of ether oxygens (including phenoxy) is 1. The molecule has 0 aliphatic heterocycles. The second-order valence-corrected chi connectivity index (χ2v) is 7.17. The predicted molar refractivity (Wildman–Crippen MR) is 111 cm³/mol. The fourth-order valence-corrected chi connectivity index (χ4v) is 3.03. The molecule has 2 amide bonds. The van der Waals surface area contributed by atoms with Gasteiger partial charge in [0.2, 0.25) is 11.8 Å². The molecule has 2 atom stereocenters. The quantitative estimate of drug-likeness (QED) is 0.451. The van der Waals surface area contributed by atoms with Gasteiger partial charge < -0.3 is 20.9 Å². The van der Waals surface area contributed by atoms with Crippen molar-refractivity contribution in [3.05, 3.63) is 48.0 Å². The molecule has 0 aromatic heterocycles. The number of primary amides is 1. The number of hydrogen-bond donors (Lipinski definition) is 3. The van der Waals surface area contributed by atoms with Gasteiger partial charge in [0.05, 0.1) is 12.8 Å². The summed E-state index contributed by atoms with van der Waals surface area (Å²) in [7, 11) is 0. The molecular weight excluding hydrogens is 404 g/mol. The highest BCUT2D eigenvalue weighted by molar-refractivity contribution is 5.95. The Morgan fingerprint density at radius 1 is 1.03 bits per heavy atom. The van der Waals surface area contributed by atoms with Crippen LogP contribution in [0.5, 0.6) is 0 Å². The standard InChI is InChI=1S/C22H24N2O7/c1-13(9-19(23)26)22(30)24-17(11-20(27)28)18(25)12-31-21(29)10-15-7-4-6-14-5-2-3-8-16(14)15/h2-8,13,17H,9-12H2,1H3,(H2,23,26)(H,24,30)(H,27,28). The Hall–Kier alpha value is -3.75. The average Bonchev–Trinajstić information content (AvgIpc) is 2.71. The summed E-state index contributed by atoms with van der Waals surface area (Å²) < 4.78 is 5.02. The van der Waals surface area contributed by atoms with Crippen LogP contribution in [0.4, 0.5) is 0 Å². The van der Waals surface area contributed by atoms with E-state index in [9.17, 15) is 24.0 Å². The molecule has 9 heteroatoms. The summed E-state index contributed by atoms with van der Waals surface area (Å²) >= 11 is 0. The van der Waals surface area contributed by atoms with Gasteiger partial charge in [-0.1, -0.05) is 49.4 Å². The number of nitrogens with one attached hydrogen (secondary N) is 1. The Balaban J connectivity index is 1.97. The lowest BCUT2D eigenvalue weighted by Gasteiger charge is -2.18. The van der Waals surface area contributed by atoms with Crippen molar-refractivity contribution in [2.75, 3.05) is 6.61 Å². The molecule has 31 heavy (non-hydrogen) atoms. The van der Waals surface area contributed by atoms with E-state index in [1.165, 1.54) is 6.92 Å². The van der Waals surface area contributed by atoms with E-state index in [1.54, 1.807) is 6.07 Å². The van der Waals surface area contributed by atoms with Gasteiger partial charge in [-0.2, -0.15) is 0 Å². The number of benzene rings is 2. The molecule has 164 valence electrons. The Labute approximate surface area is 178 Å². The first-order valence-electron chi connectivity index (χ1n) is 9.62. The van der Waals surface area contributed by atoms with Gasteiger partial charge in [0.1, 0.15) is 6.04 Å². The maximum atomic E-state index is 12.4. The Morgan fingerprint density at radius 3 is 2.39 bits per heavy atom. The predicted octanol–water partition coefficient (Wildman–Crippen LogP) is 0.966. The average molecular weight is 428 g/mol. The number of carbonyl (C=O) groups excluding carboxylic acids is 4. The van der Waals surface area contributed by atoms with E-state index in [4.69, 9.17) is 15.6 Å². The molecule has 9 nitrogen and oxygen atoms in total. The van der Waals surface area contributed by atoms with Crippen molar-refractivity contribution in [3.63, 3.8) is 0 Å². The number of esters is 1. The third-order valence-corrected chi connectivity index (χ3v) is 4.63. The van der Waals surface area contributed by atoms with Crippen LogP contribution in [-0.2, 0) is 35.1 Å². The van der Waals surface area contributed by atoms with Crippen LogP contribution < -0.4 is 11.1 Å². The summed E-state index contributed by atoms with van der Waals surface area (Å²) in [5.74, 6) is -4.98. The van der Waals surface area contributed by atoms with Crippen LogP contribution in [0.2, 0.25) is 0 Å². The number of fused-ring (bicyclic) bond motifs is 1. The summed E-state index contributed by atoms with van der Waals surface area (Å²) in [5, 5.41) is 13.1. The highest BCUT2D eigenvalue weighted by Gasteiger charge is 2.27. The number of ketones is 1. The third-order valence-electron chi connectivity index (χ3n) is 4.63. The van der Waals surface area contributed by atoms with Crippen molar-refractivity contribution >= 4 is 40.3 Å². The van der Waals surface area contributed by atoms with Crippen LogP contribution in [0.25, 0.3) is 10.8 Å². The zero-order chi connectivity index (χ0) is 23.0. The van der Waals surface area contributed by atoms with Gasteiger partial charge in [0.15, 0.2) is 12.4 Å². The number of Topliss-reactive ketones (excluding diaryl/α,β-unsaturated/α-hetero) is 1. The van der Waals surface area contributed by atoms with Crippen molar-refractivity contribution in [2.24, 2.45) is 11.7 Å². The first kappa shape index (κ1) is 23.5. The topological polar surface area (TPSA) is 153 Å². The van der Waals surface area contributed by atoms with Crippen LogP contribution in [-0.4, -0.2) is 47.3 Å². The van der Waals surface area contributed by atoms with Gasteiger partial charge in [0, 0.05) is 12.3 Å². The highest BCUT2D eigenvalue weighted by atomic mass is 16.5. The maximum absolute atomic E-state index is 12.4. The SMILES string of the molecule is CC(CC(N)=O)C(=O)NC(CC(=O)O)C(=O)COC(=O)Cc1cccc2ccccc12. The van der Waals surface area contributed by atoms with E-state index in [0.29, 0.717) is 0 Å². The van der Waals surface area contributed by atoms with E-state index >= 15 is 0 Å². The van der Waals surface area contributed by atoms with E-state index < -0.39 is 54.5 Å². The molecule has 0 spiro atoms. The van der Waals surface area contributed by atoms with Crippen molar-refractivity contribution in [1.82, 2.24) is 5.32 Å². The van der Waals surface area contributed by atoms with Crippen LogP contribution in [0.3, 0.4) is 0 Å². The fourth-order valence-electron chi connectivity index (χ4n) is 3.03. The van der Waals surface area contributed by atoms with E-state index in [0.717, 1.165) is 16.3 Å². The minimum Gasteiger partial charge on any atom is -0.481 e. The van der Waals surface area contributed by atoms with Crippen molar-refractivity contribution < 1.29 is 33.8 Å². The largest absolute Gasteiger partial charge is 0.481 e. The van der Waals surface area contributed by atoms with Crippen LogP contribution >= 0.6 is 0 Å². The second kappa shape index (κ2) is 10.9. The zero-order valence-electron chi connectivity index (χ0n) is 17.0. The third kappa shape index (κ3) is 7.22. The molecule has 0 bridgehead atoms. The van der Waals surface area contributed by atoms with Crippen molar-refractivity contribution in [1.29, 1.82) is 0 Å². The summed E-state index contributed by atoms with van der Waals surface area (Å²) in [6, 6.07) is 11.6. The van der Waals surface area contributed by atoms with E-state index in [-0.39, 0.29) is 12.8 Å². The number of rotatable bonds is 11. The van der Waals surface area contributed by atoms with Gasteiger partial charge >= 0.3 is 11.9 Å². The lowest BCUT2D eigenvalue weighted by Crippen LogP contribution is -2.46. The lowest BCUT2D eigenvalue weighted by molar-refractivity contribution is -0.148. The summed E-state index contributed by atoms with van der Waals surface area (Å²) in [6.45, 7) is 0.735. The molecule has 2 unspecified atom stereocenters. The van der Waals surface area contributed by atoms with Gasteiger partial charge in [-0.15, -0.1) is 0 Å². The van der Waals surface area contributed by atoms with Crippen LogP contribution in [0.1, 0.15) is 25.3 Å². The number of carboxylic acid groups (broad SMARTS) is 1. The number of carbonyl (C=O) groups is 5. The van der Waals surface area contributed by atoms with Gasteiger partial charge in [-0.25, -0.2) is 0 Å². The summed E-state index contributed by atoms with van der Waals surface area (Å²) in [4.78, 5) is 58.7. The monoisotopic (exact) mass is 428 g/mol. The van der Waals surface area contributed by atoms with Crippen LogP contribution in [0, 0.1) is 5.92 Å². The zero-order valence-corrected chi connectivity index (χ0v) is 17.0. The van der Waals surface area contributed by atoms with E-state index in [1.807, 2.05) is 36.4 Å². The van der Waals surface area contributed by atoms with Crippen molar-refractivity contribution in [2.45, 2.75) is 32.2 Å². The van der Waals surface area contributed by atoms with Gasteiger partial charge in [-0.3, -0.25) is 24.0 Å². The lowest BCUT2D eigenvalue weighted by atomic mass is 10.0. The molecule has 0 fully saturated rings. The molecule has 0 aliphatic carbocycles. The first-order chi connectivity index (χ1) is 14.7. The number of amides is 2.